The molecule has 1 aliphatic rings. The van der Waals surface area contributed by atoms with Gasteiger partial charge >= 0.3 is 0 Å². The zero-order valence-electron chi connectivity index (χ0n) is 10.6. The Morgan fingerprint density at radius 3 is 2.65 bits per heavy atom. The van der Waals surface area contributed by atoms with Crippen LogP contribution in [0.4, 0.5) is 0 Å². The number of aromatic nitrogens is 1. The molecule has 1 saturated heterocycles. The van der Waals surface area contributed by atoms with Crippen LogP contribution in [-0.2, 0) is 0 Å². The monoisotopic (exact) mass is 235 g/mol. The molecule has 1 aromatic heterocycles. The van der Waals surface area contributed by atoms with Gasteiger partial charge in [0.2, 0.25) is 0 Å². The SMILES string of the molecule is CC(C)n1cccc1C(=O)N1CCC(N)CC1. The maximum atomic E-state index is 12.4. The van der Waals surface area contributed by atoms with Gasteiger partial charge < -0.3 is 15.2 Å². The van der Waals surface area contributed by atoms with E-state index >= 15 is 0 Å². The van der Waals surface area contributed by atoms with Crippen molar-refractivity contribution >= 4 is 5.91 Å². The van der Waals surface area contributed by atoms with Crippen molar-refractivity contribution in [3.05, 3.63) is 24.0 Å². The molecule has 0 bridgehead atoms. The van der Waals surface area contributed by atoms with E-state index in [0.717, 1.165) is 31.6 Å². The normalized spacial score (nSPS) is 17.8. The van der Waals surface area contributed by atoms with Gasteiger partial charge in [-0.15, -0.1) is 0 Å². The standard InChI is InChI=1S/C13H21N3O/c1-10(2)16-7-3-4-12(16)13(17)15-8-5-11(14)6-9-15/h3-4,7,10-11H,5-6,8-9,14H2,1-2H3. The molecule has 4 heteroatoms. The fourth-order valence-electron chi connectivity index (χ4n) is 2.29. The first-order valence-corrected chi connectivity index (χ1v) is 6.31. The van der Waals surface area contributed by atoms with Crippen LogP contribution in [0.25, 0.3) is 0 Å². The second kappa shape index (κ2) is 4.92. The van der Waals surface area contributed by atoms with Crippen molar-refractivity contribution in [1.29, 1.82) is 0 Å². The highest BCUT2D eigenvalue weighted by molar-refractivity contribution is 5.92. The van der Waals surface area contributed by atoms with Crippen LogP contribution in [0.2, 0.25) is 0 Å². The summed E-state index contributed by atoms with van der Waals surface area (Å²) in [7, 11) is 0. The van der Waals surface area contributed by atoms with E-state index in [2.05, 4.69) is 13.8 Å². The molecule has 1 aromatic rings. The molecule has 4 nitrogen and oxygen atoms in total. The van der Waals surface area contributed by atoms with Crippen LogP contribution in [0, 0.1) is 0 Å². The Bertz CT molecular complexity index is 389. The van der Waals surface area contributed by atoms with Gasteiger partial charge in [0, 0.05) is 31.4 Å². The minimum absolute atomic E-state index is 0.135. The van der Waals surface area contributed by atoms with E-state index in [0.29, 0.717) is 6.04 Å². The van der Waals surface area contributed by atoms with Gasteiger partial charge in [-0.3, -0.25) is 4.79 Å². The Kier molecular flexibility index (Phi) is 3.52. The summed E-state index contributed by atoms with van der Waals surface area (Å²) in [5.74, 6) is 0.135. The summed E-state index contributed by atoms with van der Waals surface area (Å²) >= 11 is 0. The van der Waals surface area contributed by atoms with Gasteiger partial charge in [0.25, 0.3) is 5.91 Å². The number of amides is 1. The summed E-state index contributed by atoms with van der Waals surface area (Å²) < 4.78 is 2.02. The molecule has 0 saturated carbocycles. The molecule has 1 aliphatic heterocycles. The molecule has 0 unspecified atom stereocenters. The molecular formula is C13H21N3O. The Hall–Kier alpha value is -1.29. The predicted octanol–water partition coefficient (Wildman–Crippen LogP) is 1.63. The van der Waals surface area contributed by atoms with Crippen molar-refractivity contribution in [3.8, 4) is 0 Å². The lowest BCUT2D eigenvalue weighted by atomic mass is 10.1. The lowest BCUT2D eigenvalue weighted by Gasteiger charge is -2.30. The Morgan fingerprint density at radius 2 is 2.06 bits per heavy atom. The first-order chi connectivity index (χ1) is 8.09. The number of hydrogen-bond donors (Lipinski definition) is 1. The molecule has 2 N–H and O–H groups in total. The fraction of sp³-hybridized carbons (Fsp3) is 0.615. The van der Waals surface area contributed by atoms with E-state index in [1.165, 1.54) is 0 Å². The fourth-order valence-corrected chi connectivity index (χ4v) is 2.29. The topological polar surface area (TPSA) is 51.3 Å². The molecular weight excluding hydrogens is 214 g/mol. The highest BCUT2D eigenvalue weighted by Gasteiger charge is 2.23. The lowest BCUT2D eigenvalue weighted by molar-refractivity contribution is 0.0702. The average molecular weight is 235 g/mol. The minimum atomic E-state index is 0.135. The van der Waals surface area contributed by atoms with Gasteiger partial charge in [0.15, 0.2) is 0 Å². The third-order valence-electron chi connectivity index (χ3n) is 3.38. The first kappa shape index (κ1) is 12.2. The van der Waals surface area contributed by atoms with Gasteiger partial charge in [0.1, 0.15) is 5.69 Å². The summed E-state index contributed by atoms with van der Waals surface area (Å²) in [6.07, 6.45) is 3.79. The Labute approximate surface area is 102 Å². The van der Waals surface area contributed by atoms with E-state index < -0.39 is 0 Å². The van der Waals surface area contributed by atoms with E-state index in [9.17, 15) is 4.79 Å². The molecule has 1 fully saturated rings. The second-order valence-corrected chi connectivity index (χ2v) is 5.02. The molecule has 2 heterocycles. The number of piperidine rings is 1. The van der Waals surface area contributed by atoms with Crippen molar-refractivity contribution in [2.75, 3.05) is 13.1 Å². The first-order valence-electron chi connectivity index (χ1n) is 6.31. The summed E-state index contributed by atoms with van der Waals surface area (Å²) in [6, 6.07) is 4.41. The van der Waals surface area contributed by atoms with Crippen molar-refractivity contribution < 1.29 is 4.79 Å². The Morgan fingerprint density at radius 1 is 1.41 bits per heavy atom. The van der Waals surface area contributed by atoms with Crippen LogP contribution in [0.5, 0.6) is 0 Å². The maximum Gasteiger partial charge on any atom is 0.270 e. The summed E-state index contributed by atoms with van der Waals surface area (Å²) in [6.45, 7) is 5.73. The van der Waals surface area contributed by atoms with E-state index in [-0.39, 0.29) is 11.9 Å². The summed E-state index contributed by atoms with van der Waals surface area (Å²) in [4.78, 5) is 14.3. The zero-order valence-corrected chi connectivity index (χ0v) is 10.6. The number of hydrogen-bond acceptors (Lipinski definition) is 2. The van der Waals surface area contributed by atoms with E-state index in [1.54, 1.807) is 0 Å². The number of rotatable bonds is 2. The molecule has 1 amide bonds. The quantitative estimate of drug-likeness (QED) is 0.847. The molecule has 0 atom stereocenters. The van der Waals surface area contributed by atoms with Crippen molar-refractivity contribution in [3.63, 3.8) is 0 Å². The maximum absolute atomic E-state index is 12.4. The van der Waals surface area contributed by atoms with Crippen LogP contribution in [0.3, 0.4) is 0 Å². The predicted molar refractivity (Wildman–Crippen MR) is 67.9 cm³/mol. The number of nitrogens with two attached hydrogens (primary N) is 1. The molecule has 0 spiro atoms. The van der Waals surface area contributed by atoms with Crippen molar-refractivity contribution in [2.45, 2.75) is 38.8 Å². The van der Waals surface area contributed by atoms with E-state index in [4.69, 9.17) is 5.73 Å². The third kappa shape index (κ3) is 2.52. The van der Waals surface area contributed by atoms with Gasteiger partial charge in [-0.05, 0) is 38.8 Å². The minimum Gasteiger partial charge on any atom is -0.341 e. The molecule has 17 heavy (non-hydrogen) atoms. The molecule has 0 aliphatic carbocycles. The van der Waals surface area contributed by atoms with Gasteiger partial charge in [-0.25, -0.2) is 0 Å². The van der Waals surface area contributed by atoms with Crippen LogP contribution in [0.15, 0.2) is 18.3 Å². The lowest BCUT2D eigenvalue weighted by Crippen LogP contribution is -2.43. The number of carbonyl (C=O) groups is 1. The summed E-state index contributed by atoms with van der Waals surface area (Å²) in [5.41, 5.74) is 6.64. The smallest absolute Gasteiger partial charge is 0.270 e. The van der Waals surface area contributed by atoms with Crippen LogP contribution in [0.1, 0.15) is 43.2 Å². The van der Waals surface area contributed by atoms with Crippen LogP contribution >= 0.6 is 0 Å². The average Bonchev–Trinajstić information content (AvgIpc) is 2.78. The number of carbonyl (C=O) groups excluding carboxylic acids is 1. The van der Waals surface area contributed by atoms with Gasteiger partial charge in [-0.2, -0.15) is 0 Å². The second-order valence-electron chi connectivity index (χ2n) is 5.02. The molecule has 0 aromatic carbocycles. The highest BCUT2D eigenvalue weighted by atomic mass is 16.2. The number of likely N-dealkylation sites (tertiary alicyclic amines) is 1. The largest absolute Gasteiger partial charge is 0.341 e. The molecule has 2 rings (SSSR count). The van der Waals surface area contributed by atoms with Crippen molar-refractivity contribution in [1.82, 2.24) is 9.47 Å². The molecule has 94 valence electrons. The van der Waals surface area contributed by atoms with Crippen LogP contribution in [-0.4, -0.2) is 34.5 Å². The van der Waals surface area contributed by atoms with Gasteiger partial charge in [-0.1, -0.05) is 0 Å². The van der Waals surface area contributed by atoms with Gasteiger partial charge in [0.05, 0.1) is 0 Å². The third-order valence-corrected chi connectivity index (χ3v) is 3.38. The Balaban J connectivity index is 2.11. The zero-order chi connectivity index (χ0) is 12.4. The number of nitrogens with zero attached hydrogens (tertiary/aromatic N) is 2. The highest BCUT2D eigenvalue weighted by Crippen LogP contribution is 2.16. The van der Waals surface area contributed by atoms with E-state index in [1.807, 2.05) is 27.8 Å². The molecule has 0 radical (unpaired) electrons. The van der Waals surface area contributed by atoms with Crippen molar-refractivity contribution in [2.24, 2.45) is 5.73 Å². The van der Waals surface area contributed by atoms with Crippen LogP contribution < -0.4 is 5.73 Å². The summed E-state index contributed by atoms with van der Waals surface area (Å²) in [5, 5.41) is 0.